The van der Waals surface area contributed by atoms with Gasteiger partial charge >= 0.3 is 0 Å². The maximum absolute atomic E-state index is 12.7. The number of aromatic hydroxyl groups is 1. The molecule has 7 heteroatoms. The summed E-state index contributed by atoms with van der Waals surface area (Å²) in [5, 5.41) is 15.0. The lowest BCUT2D eigenvalue weighted by atomic mass is 9.63. The van der Waals surface area contributed by atoms with Crippen LogP contribution in [0.5, 0.6) is 11.5 Å². The zero-order valence-corrected chi connectivity index (χ0v) is 15.1. The SMILES string of the molecule is COc1cc(/C=N\N2C(=O)[C@@H]3[C@@H](C2=O)[C@@H]2C=C[C@@H]3CC2)cc(Br)c1O. The van der Waals surface area contributed by atoms with Gasteiger partial charge in [0.1, 0.15) is 0 Å². The second-order valence-corrected chi connectivity index (χ2v) is 7.48. The van der Waals surface area contributed by atoms with Gasteiger partial charge in [-0.15, -0.1) is 0 Å². The average Bonchev–Trinajstić information content (AvgIpc) is 2.90. The van der Waals surface area contributed by atoms with Crippen molar-refractivity contribution in [3.8, 4) is 11.5 Å². The van der Waals surface area contributed by atoms with Gasteiger partial charge in [0, 0.05) is 0 Å². The number of carbonyl (C=O) groups is 2. The van der Waals surface area contributed by atoms with Gasteiger partial charge in [-0.25, -0.2) is 0 Å². The van der Waals surface area contributed by atoms with E-state index in [-0.39, 0.29) is 47.0 Å². The van der Waals surface area contributed by atoms with Crippen molar-refractivity contribution in [2.24, 2.45) is 28.8 Å². The van der Waals surface area contributed by atoms with Gasteiger partial charge < -0.3 is 9.84 Å². The van der Waals surface area contributed by atoms with Crippen molar-refractivity contribution in [2.75, 3.05) is 7.11 Å². The van der Waals surface area contributed by atoms with Gasteiger partial charge in [-0.3, -0.25) is 9.59 Å². The van der Waals surface area contributed by atoms with Gasteiger partial charge in [0.15, 0.2) is 11.5 Å². The molecule has 0 radical (unpaired) electrons. The summed E-state index contributed by atoms with van der Waals surface area (Å²) < 4.78 is 5.54. The van der Waals surface area contributed by atoms with E-state index in [2.05, 4.69) is 33.2 Å². The predicted octanol–water partition coefficient (Wildman–Crippen LogP) is 2.69. The molecule has 0 unspecified atom stereocenters. The average molecular weight is 405 g/mol. The lowest BCUT2D eigenvalue weighted by Gasteiger charge is -2.37. The van der Waals surface area contributed by atoms with Gasteiger partial charge in [-0.2, -0.15) is 10.1 Å². The quantitative estimate of drug-likeness (QED) is 0.477. The minimum absolute atomic E-state index is 0.0124. The number of nitrogens with zero attached hydrogens (tertiary/aromatic N) is 2. The van der Waals surface area contributed by atoms with E-state index >= 15 is 0 Å². The molecule has 4 aliphatic rings. The first-order valence-electron chi connectivity index (χ1n) is 8.18. The normalized spacial score (nSPS) is 30.4. The Morgan fingerprint density at radius 2 is 1.80 bits per heavy atom. The molecule has 1 aliphatic heterocycles. The van der Waals surface area contributed by atoms with E-state index in [1.807, 2.05) is 0 Å². The molecule has 5 rings (SSSR count). The highest BCUT2D eigenvalue weighted by Gasteiger charge is 2.56. The summed E-state index contributed by atoms with van der Waals surface area (Å²) in [7, 11) is 1.45. The minimum atomic E-state index is -0.269. The number of halogens is 1. The first kappa shape index (κ1) is 16.3. The predicted molar refractivity (Wildman–Crippen MR) is 94.1 cm³/mol. The van der Waals surface area contributed by atoms with E-state index in [4.69, 9.17) is 4.74 Å². The number of amides is 2. The largest absolute Gasteiger partial charge is 0.503 e. The molecule has 1 saturated heterocycles. The summed E-state index contributed by atoms with van der Waals surface area (Å²) >= 11 is 3.24. The molecule has 1 N–H and O–H groups in total. The molecule has 1 heterocycles. The Labute approximate surface area is 153 Å². The molecule has 2 fully saturated rings. The van der Waals surface area contributed by atoms with Crippen molar-refractivity contribution in [1.82, 2.24) is 5.01 Å². The highest BCUT2D eigenvalue weighted by Crippen LogP contribution is 2.49. The number of ether oxygens (including phenoxy) is 1. The summed E-state index contributed by atoms with van der Waals surface area (Å²) in [5.41, 5.74) is 0.609. The number of phenols is 1. The molecule has 2 amide bonds. The Hall–Kier alpha value is -2.15. The van der Waals surface area contributed by atoms with Crippen LogP contribution in [0.3, 0.4) is 0 Å². The molecular formula is C18H17BrN2O4. The van der Waals surface area contributed by atoms with E-state index in [0.717, 1.165) is 17.9 Å². The molecule has 1 aromatic rings. The number of imide groups is 1. The number of hydrazone groups is 1. The number of hydrogen-bond acceptors (Lipinski definition) is 5. The summed E-state index contributed by atoms with van der Waals surface area (Å²) in [6, 6.07) is 3.23. The van der Waals surface area contributed by atoms with Crippen LogP contribution in [0.15, 0.2) is 33.9 Å². The van der Waals surface area contributed by atoms with Crippen molar-refractivity contribution in [3.63, 3.8) is 0 Å². The topological polar surface area (TPSA) is 79.2 Å². The van der Waals surface area contributed by atoms with Gasteiger partial charge in [-0.05, 0) is 58.3 Å². The first-order valence-corrected chi connectivity index (χ1v) is 8.97. The van der Waals surface area contributed by atoms with Crippen molar-refractivity contribution in [3.05, 3.63) is 34.3 Å². The van der Waals surface area contributed by atoms with E-state index in [1.54, 1.807) is 12.1 Å². The van der Waals surface area contributed by atoms with Crippen LogP contribution >= 0.6 is 15.9 Å². The van der Waals surface area contributed by atoms with Crippen LogP contribution in [0.4, 0.5) is 0 Å². The summed E-state index contributed by atoms with van der Waals surface area (Å²) in [6.07, 6.45) is 7.52. The number of allylic oxidation sites excluding steroid dienone is 2. The summed E-state index contributed by atoms with van der Waals surface area (Å²) in [6.45, 7) is 0. The van der Waals surface area contributed by atoms with Gasteiger partial charge in [0.05, 0.1) is 29.6 Å². The molecule has 130 valence electrons. The third-order valence-electron chi connectivity index (χ3n) is 5.33. The van der Waals surface area contributed by atoms with Crippen molar-refractivity contribution in [2.45, 2.75) is 12.8 Å². The van der Waals surface area contributed by atoms with Crippen LogP contribution in [-0.4, -0.2) is 35.3 Å². The van der Waals surface area contributed by atoms with Crippen LogP contribution in [0.25, 0.3) is 0 Å². The third-order valence-corrected chi connectivity index (χ3v) is 5.93. The molecule has 0 spiro atoms. The van der Waals surface area contributed by atoms with E-state index in [1.165, 1.54) is 13.3 Å². The summed E-state index contributed by atoms with van der Waals surface area (Å²) in [5.74, 6) is -0.397. The monoisotopic (exact) mass is 404 g/mol. The number of methoxy groups -OCH3 is 1. The Morgan fingerprint density at radius 1 is 1.20 bits per heavy atom. The Morgan fingerprint density at radius 3 is 2.32 bits per heavy atom. The maximum Gasteiger partial charge on any atom is 0.254 e. The van der Waals surface area contributed by atoms with E-state index < -0.39 is 0 Å². The molecule has 0 aromatic heterocycles. The molecule has 25 heavy (non-hydrogen) atoms. The molecule has 6 nitrogen and oxygen atoms in total. The molecule has 1 aromatic carbocycles. The number of rotatable bonds is 3. The van der Waals surface area contributed by atoms with E-state index in [9.17, 15) is 14.7 Å². The van der Waals surface area contributed by atoms with Gasteiger partial charge in [-0.1, -0.05) is 12.2 Å². The number of phenolic OH excluding ortho intramolecular Hbond substituents is 1. The fraction of sp³-hybridized carbons (Fsp3) is 0.389. The minimum Gasteiger partial charge on any atom is -0.503 e. The number of carbonyl (C=O) groups excluding carboxylic acids is 2. The van der Waals surface area contributed by atoms with Crippen molar-refractivity contribution in [1.29, 1.82) is 0 Å². The standard InChI is InChI=1S/C18H17BrN2O4/c1-25-13-7-9(6-12(19)16(13)22)8-20-21-17(23)14-10-2-3-11(5-4-10)15(14)18(21)24/h2-3,6-8,10-11,14-15,22H,4-5H2,1H3/b20-8-/t10-,11-,14+,15+/m1/s1. The molecule has 2 bridgehead atoms. The molecule has 1 saturated carbocycles. The van der Waals surface area contributed by atoms with Crippen LogP contribution in [-0.2, 0) is 9.59 Å². The maximum atomic E-state index is 12.7. The van der Waals surface area contributed by atoms with Crippen molar-refractivity contribution < 1.29 is 19.4 Å². The molecular weight excluding hydrogens is 388 g/mol. The number of benzene rings is 1. The fourth-order valence-electron chi connectivity index (χ4n) is 4.12. The fourth-order valence-corrected chi connectivity index (χ4v) is 4.58. The lowest BCUT2D eigenvalue weighted by Crippen LogP contribution is -2.38. The van der Waals surface area contributed by atoms with Crippen molar-refractivity contribution >= 4 is 34.0 Å². The van der Waals surface area contributed by atoms with Gasteiger partial charge in [0.25, 0.3) is 11.8 Å². The van der Waals surface area contributed by atoms with Crippen LogP contribution in [0, 0.1) is 23.7 Å². The Balaban J connectivity index is 1.62. The first-order chi connectivity index (χ1) is 12.0. The third kappa shape index (κ3) is 2.49. The summed E-state index contributed by atoms with van der Waals surface area (Å²) in [4.78, 5) is 25.4. The van der Waals surface area contributed by atoms with E-state index in [0.29, 0.717) is 10.0 Å². The second kappa shape index (κ2) is 5.98. The smallest absolute Gasteiger partial charge is 0.254 e. The number of hydrogen-bond donors (Lipinski definition) is 1. The van der Waals surface area contributed by atoms with Crippen LogP contribution < -0.4 is 4.74 Å². The zero-order chi connectivity index (χ0) is 17.7. The second-order valence-electron chi connectivity index (χ2n) is 6.63. The Bertz CT molecular complexity index is 788. The van der Waals surface area contributed by atoms with Crippen LogP contribution in [0.2, 0.25) is 0 Å². The lowest BCUT2D eigenvalue weighted by molar-refractivity contribution is -0.140. The number of fused-ring (bicyclic) bond motifs is 1. The Kier molecular flexibility index (Phi) is 3.91. The molecule has 4 atom stereocenters. The van der Waals surface area contributed by atoms with Gasteiger partial charge in [0.2, 0.25) is 0 Å². The highest BCUT2D eigenvalue weighted by molar-refractivity contribution is 9.10. The molecule has 3 aliphatic carbocycles. The zero-order valence-electron chi connectivity index (χ0n) is 13.6. The highest BCUT2D eigenvalue weighted by atomic mass is 79.9. The van der Waals surface area contributed by atoms with Crippen LogP contribution in [0.1, 0.15) is 18.4 Å².